The molecule has 2 fully saturated rings. The molecule has 1 unspecified atom stereocenters. The summed E-state index contributed by atoms with van der Waals surface area (Å²) in [5, 5.41) is 11.4. The molecule has 202 valence electrons. The number of benzene rings is 2. The zero-order valence-corrected chi connectivity index (χ0v) is 22.6. The quantitative estimate of drug-likeness (QED) is 0.276. The number of ether oxygens (including phenoxy) is 1. The summed E-state index contributed by atoms with van der Waals surface area (Å²) < 4.78 is 5.83. The van der Waals surface area contributed by atoms with Crippen molar-refractivity contribution in [3.05, 3.63) is 89.8 Å². The van der Waals surface area contributed by atoms with Crippen LogP contribution >= 0.6 is 0 Å². The number of carbonyl (C=O) groups is 2. The molecular formula is C31H34N4O4. The second kappa shape index (κ2) is 11.3. The molecule has 1 N–H and O–H groups in total. The average molecular weight is 527 g/mol. The molecule has 0 radical (unpaired) electrons. The van der Waals surface area contributed by atoms with Crippen LogP contribution in [-0.4, -0.2) is 66.5 Å². The number of aromatic nitrogens is 1. The lowest BCUT2D eigenvalue weighted by atomic mass is 9.95. The van der Waals surface area contributed by atoms with Crippen molar-refractivity contribution in [1.82, 2.24) is 9.88 Å². The first-order valence-corrected chi connectivity index (χ1v) is 13.3. The fourth-order valence-electron chi connectivity index (χ4n) is 5.00. The molecule has 0 saturated carbocycles. The molecule has 2 saturated heterocycles. The highest BCUT2D eigenvalue weighted by Gasteiger charge is 2.47. The first kappa shape index (κ1) is 26.4. The smallest absolute Gasteiger partial charge is 0.300 e. The van der Waals surface area contributed by atoms with Crippen LogP contribution in [0.2, 0.25) is 0 Å². The van der Waals surface area contributed by atoms with Gasteiger partial charge in [0, 0.05) is 55.5 Å². The third-order valence-electron chi connectivity index (χ3n) is 7.15. The number of piperazine rings is 1. The van der Waals surface area contributed by atoms with Gasteiger partial charge in [-0.3, -0.25) is 19.5 Å². The molecule has 0 bridgehead atoms. The molecule has 1 amide bonds. The molecule has 39 heavy (non-hydrogen) atoms. The summed E-state index contributed by atoms with van der Waals surface area (Å²) in [4.78, 5) is 37.1. The van der Waals surface area contributed by atoms with Crippen LogP contribution < -0.4 is 14.5 Å². The number of hydrogen-bond donors (Lipinski definition) is 1. The van der Waals surface area contributed by atoms with Gasteiger partial charge in [0.25, 0.3) is 11.7 Å². The van der Waals surface area contributed by atoms with Crippen LogP contribution in [-0.2, 0) is 9.59 Å². The zero-order valence-electron chi connectivity index (χ0n) is 22.6. The number of likely N-dealkylation sites (N-methyl/N-ethyl adjacent to an activating group) is 1. The number of pyridine rings is 1. The largest absolute Gasteiger partial charge is 0.507 e. The number of ketones is 1. The van der Waals surface area contributed by atoms with E-state index in [1.807, 2.05) is 24.3 Å². The van der Waals surface area contributed by atoms with Crippen molar-refractivity contribution in [1.29, 1.82) is 0 Å². The molecule has 0 spiro atoms. The molecule has 3 heterocycles. The van der Waals surface area contributed by atoms with Crippen LogP contribution in [0.25, 0.3) is 5.76 Å². The second-order valence-corrected chi connectivity index (χ2v) is 10.5. The molecule has 1 aromatic heterocycles. The molecule has 2 aliphatic rings. The summed E-state index contributed by atoms with van der Waals surface area (Å²) in [6, 6.07) is 17.4. The third-order valence-corrected chi connectivity index (χ3v) is 7.15. The van der Waals surface area contributed by atoms with E-state index in [0.717, 1.165) is 31.9 Å². The van der Waals surface area contributed by atoms with Crippen LogP contribution in [0.1, 0.15) is 31.0 Å². The minimum atomic E-state index is -0.803. The van der Waals surface area contributed by atoms with Crippen molar-refractivity contribution >= 4 is 28.8 Å². The number of rotatable bonds is 7. The lowest BCUT2D eigenvalue weighted by Gasteiger charge is -2.34. The highest BCUT2D eigenvalue weighted by molar-refractivity contribution is 6.51. The van der Waals surface area contributed by atoms with Crippen molar-refractivity contribution in [3.63, 3.8) is 0 Å². The van der Waals surface area contributed by atoms with E-state index in [0.29, 0.717) is 35.1 Å². The Morgan fingerprint density at radius 3 is 2.31 bits per heavy atom. The summed E-state index contributed by atoms with van der Waals surface area (Å²) in [5.41, 5.74) is 2.79. The topological polar surface area (TPSA) is 86.2 Å². The standard InChI is InChI=1S/C31H34N4O4/c1-21(2)20-39-26-6-4-5-23(19-26)29(36)27-28(22-11-13-32-14-12-22)35(31(38)30(27)37)25-9-7-24(8-10-25)34-17-15-33(3)16-18-34/h4-14,19,21,28,36H,15-18,20H2,1-3H3/b29-27+. The summed E-state index contributed by atoms with van der Waals surface area (Å²) >= 11 is 0. The molecular weight excluding hydrogens is 492 g/mol. The van der Waals surface area contributed by atoms with Gasteiger partial charge in [-0.25, -0.2) is 0 Å². The van der Waals surface area contributed by atoms with Crippen LogP contribution in [0.5, 0.6) is 5.75 Å². The summed E-state index contributed by atoms with van der Waals surface area (Å²) in [5.74, 6) is -0.727. The molecule has 0 aliphatic carbocycles. The van der Waals surface area contributed by atoms with Crippen molar-refractivity contribution in [3.8, 4) is 5.75 Å². The van der Waals surface area contributed by atoms with E-state index in [2.05, 4.69) is 35.7 Å². The van der Waals surface area contributed by atoms with Crippen LogP contribution in [0.15, 0.2) is 78.6 Å². The van der Waals surface area contributed by atoms with Crippen molar-refractivity contribution in [2.75, 3.05) is 49.6 Å². The number of amides is 1. The second-order valence-electron chi connectivity index (χ2n) is 10.5. The fourth-order valence-corrected chi connectivity index (χ4v) is 5.00. The number of aliphatic hydroxyl groups is 1. The Balaban J connectivity index is 1.53. The lowest BCUT2D eigenvalue weighted by Crippen LogP contribution is -2.44. The Labute approximate surface area is 229 Å². The van der Waals surface area contributed by atoms with Gasteiger partial charge in [0.15, 0.2) is 0 Å². The highest BCUT2D eigenvalue weighted by atomic mass is 16.5. The van der Waals surface area contributed by atoms with Crippen LogP contribution in [0, 0.1) is 5.92 Å². The van der Waals surface area contributed by atoms with Crippen molar-refractivity contribution in [2.24, 2.45) is 5.92 Å². The average Bonchev–Trinajstić information content (AvgIpc) is 3.22. The SMILES string of the molecule is CC(C)COc1cccc(/C(O)=C2\C(=O)C(=O)N(c3ccc(N4CCN(C)CC4)cc3)C2c2ccncc2)c1. The summed E-state index contributed by atoms with van der Waals surface area (Å²) in [6.45, 7) is 8.46. The number of hydrogen-bond acceptors (Lipinski definition) is 7. The number of aliphatic hydroxyl groups excluding tert-OH is 1. The van der Waals surface area contributed by atoms with E-state index >= 15 is 0 Å². The molecule has 5 rings (SSSR count). The van der Waals surface area contributed by atoms with Crippen molar-refractivity contribution in [2.45, 2.75) is 19.9 Å². The van der Waals surface area contributed by atoms with Gasteiger partial charge in [0.05, 0.1) is 18.2 Å². The predicted molar refractivity (Wildman–Crippen MR) is 152 cm³/mol. The maximum Gasteiger partial charge on any atom is 0.300 e. The molecule has 8 heteroatoms. The Kier molecular flexibility index (Phi) is 7.65. The van der Waals surface area contributed by atoms with Gasteiger partial charge in [-0.15, -0.1) is 0 Å². The normalized spacial score (nSPS) is 19.6. The minimum absolute atomic E-state index is 0.0374. The Hall–Kier alpha value is -4.17. The van der Waals surface area contributed by atoms with Gasteiger partial charge >= 0.3 is 0 Å². The molecule has 2 aromatic carbocycles. The number of carbonyl (C=O) groups excluding carboxylic acids is 2. The Morgan fingerprint density at radius 1 is 0.974 bits per heavy atom. The van der Waals surface area contributed by atoms with Crippen molar-refractivity contribution < 1.29 is 19.4 Å². The zero-order chi connectivity index (χ0) is 27.5. The predicted octanol–water partition coefficient (Wildman–Crippen LogP) is 4.49. The van der Waals surface area contributed by atoms with Gasteiger partial charge in [0.1, 0.15) is 11.5 Å². The van der Waals surface area contributed by atoms with Crippen LogP contribution in [0.3, 0.4) is 0 Å². The molecule has 1 atom stereocenters. The van der Waals surface area contributed by atoms with E-state index in [1.54, 1.807) is 48.8 Å². The maximum atomic E-state index is 13.5. The lowest BCUT2D eigenvalue weighted by molar-refractivity contribution is -0.132. The van der Waals surface area contributed by atoms with E-state index in [1.165, 1.54) is 4.90 Å². The fraction of sp³-hybridized carbons (Fsp3) is 0.323. The monoisotopic (exact) mass is 526 g/mol. The van der Waals surface area contributed by atoms with Gasteiger partial charge in [-0.05, 0) is 67.1 Å². The number of nitrogens with zero attached hydrogens (tertiary/aromatic N) is 4. The van der Waals surface area contributed by atoms with E-state index in [-0.39, 0.29) is 11.3 Å². The molecule has 8 nitrogen and oxygen atoms in total. The van der Waals surface area contributed by atoms with Crippen LogP contribution in [0.4, 0.5) is 11.4 Å². The molecule has 2 aliphatic heterocycles. The number of Topliss-reactive ketones (excluding diaryl/α,β-unsaturated/α-hetero) is 1. The molecule has 3 aromatic rings. The van der Waals surface area contributed by atoms with Gasteiger partial charge < -0.3 is 19.6 Å². The number of anilines is 2. The first-order valence-electron chi connectivity index (χ1n) is 13.3. The van der Waals surface area contributed by atoms with Gasteiger partial charge in [0.2, 0.25) is 0 Å². The van der Waals surface area contributed by atoms with Gasteiger partial charge in [-0.2, -0.15) is 0 Å². The minimum Gasteiger partial charge on any atom is -0.507 e. The Bertz CT molecular complexity index is 1360. The summed E-state index contributed by atoms with van der Waals surface area (Å²) in [6.07, 6.45) is 3.23. The maximum absolute atomic E-state index is 13.5. The van der Waals surface area contributed by atoms with E-state index in [9.17, 15) is 14.7 Å². The first-order chi connectivity index (χ1) is 18.8. The van der Waals surface area contributed by atoms with Gasteiger partial charge in [-0.1, -0.05) is 26.0 Å². The Morgan fingerprint density at radius 2 is 1.64 bits per heavy atom. The third kappa shape index (κ3) is 5.52. The van der Waals surface area contributed by atoms with E-state index in [4.69, 9.17) is 4.74 Å². The van der Waals surface area contributed by atoms with E-state index < -0.39 is 17.7 Å². The summed E-state index contributed by atoms with van der Waals surface area (Å²) in [7, 11) is 2.12. The highest BCUT2D eigenvalue weighted by Crippen LogP contribution is 2.42.